The lowest BCUT2D eigenvalue weighted by Crippen LogP contribution is -2.42. The summed E-state index contributed by atoms with van der Waals surface area (Å²) in [4.78, 5) is 35.7. The summed E-state index contributed by atoms with van der Waals surface area (Å²) in [5, 5.41) is 4.80. The number of rotatable bonds is 6. The van der Waals surface area contributed by atoms with E-state index in [1.54, 1.807) is 11.0 Å². The van der Waals surface area contributed by atoms with Crippen molar-refractivity contribution in [2.24, 2.45) is 13.0 Å². The van der Waals surface area contributed by atoms with Gasteiger partial charge < -0.3 is 19.1 Å². The molecule has 5 heterocycles. The summed E-state index contributed by atoms with van der Waals surface area (Å²) >= 11 is 0. The highest BCUT2D eigenvalue weighted by Gasteiger charge is 2.36. The van der Waals surface area contributed by atoms with Crippen molar-refractivity contribution in [1.82, 2.24) is 29.1 Å². The molecule has 1 unspecified atom stereocenters. The number of likely N-dealkylation sites (tertiary alicyclic amines) is 1. The van der Waals surface area contributed by atoms with Crippen LogP contribution in [0, 0.1) is 18.7 Å². The maximum atomic E-state index is 17.2. The lowest BCUT2D eigenvalue weighted by molar-refractivity contribution is 0.0195. The molecule has 4 aromatic rings. The minimum atomic E-state index is -0.611. The van der Waals surface area contributed by atoms with Crippen LogP contribution < -0.4 is 0 Å². The standard InChI is InChI=1S/C37H45FN6O3/c1-7-30-27(13-10-22(2)40-30)28-15-25(35(45)43-20-26-17-39-41(6)31(26)21-43)16-29-32(38)33(44(34(28)29)18-23-11-12-23)24-9-8-14-42(19-24)36(46)47-37(3,4)5/h10,13,15-17,23-24H,7-9,11-12,14,18-21H2,1-6H3. The van der Waals surface area contributed by atoms with Gasteiger partial charge in [-0.1, -0.05) is 13.0 Å². The summed E-state index contributed by atoms with van der Waals surface area (Å²) in [6.45, 7) is 12.3. The monoisotopic (exact) mass is 640 g/mol. The molecule has 3 aliphatic rings. The maximum absolute atomic E-state index is 17.2. The second-order valence-corrected chi connectivity index (χ2v) is 14.6. The van der Waals surface area contributed by atoms with Crippen LogP contribution in [0.15, 0.2) is 30.5 Å². The van der Waals surface area contributed by atoms with Crippen molar-refractivity contribution in [3.63, 3.8) is 0 Å². The molecule has 2 fully saturated rings. The molecule has 0 spiro atoms. The number of carbonyl (C=O) groups excluding carboxylic acids is 2. The van der Waals surface area contributed by atoms with E-state index in [0.29, 0.717) is 61.7 Å². The molecular formula is C37H45FN6O3. The minimum Gasteiger partial charge on any atom is -0.444 e. The van der Waals surface area contributed by atoms with Crippen molar-refractivity contribution in [2.75, 3.05) is 13.1 Å². The molecule has 1 aromatic carbocycles. The van der Waals surface area contributed by atoms with Gasteiger partial charge >= 0.3 is 6.09 Å². The van der Waals surface area contributed by atoms with Gasteiger partial charge in [-0.2, -0.15) is 5.10 Å². The third-order valence-electron chi connectivity index (χ3n) is 9.85. The van der Waals surface area contributed by atoms with Gasteiger partial charge in [0, 0.05) is 78.2 Å². The predicted molar refractivity (Wildman–Crippen MR) is 179 cm³/mol. The quantitative estimate of drug-likeness (QED) is 0.224. The van der Waals surface area contributed by atoms with Crippen LogP contribution in [0.5, 0.6) is 0 Å². The number of nitrogens with zero attached hydrogens (tertiary/aromatic N) is 6. The van der Waals surface area contributed by atoms with E-state index in [1.807, 2.05) is 62.7 Å². The lowest BCUT2D eigenvalue weighted by Gasteiger charge is -2.34. The summed E-state index contributed by atoms with van der Waals surface area (Å²) in [6, 6.07) is 7.77. The Morgan fingerprint density at radius 3 is 2.55 bits per heavy atom. The first kappa shape index (κ1) is 31.4. The Labute approximate surface area is 275 Å². The van der Waals surface area contributed by atoms with Crippen molar-refractivity contribution in [2.45, 2.75) is 97.9 Å². The first-order valence-electron chi connectivity index (χ1n) is 17.0. The number of hydrogen-bond donors (Lipinski definition) is 0. The Hall–Kier alpha value is -4.21. The molecular weight excluding hydrogens is 595 g/mol. The number of pyridine rings is 1. The van der Waals surface area contributed by atoms with Gasteiger partial charge in [-0.05, 0) is 83.9 Å². The normalized spacial score (nSPS) is 18.2. The summed E-state index contributed by atoms with van der Waals surface area (Å²) in [6.07, 6.45) is 5.91. The second-order valence-electron chi connectivity index (χ2n) is 14.6. The number of fused-ring (bicyclic) bond motifs is 2. The summed E-state index contributed by atoms with van der Waals surface area (Å²) < 4.78 is 26.9. The fourth-order valence-corrected chi connectivity index (χ4v) is 7.38. The number of hydrogen-bond acceptors (Lipinski definition) is 5. The zero-order chi connectivity index (χ0) is 33.2. The molecule has 1 atom stereocenters. The Kier molecular flexibility index (Phi) is 7.88. The maximum Gasteiger partial charge on any atom is 0.410 e. The number of piperidine rings is 1. The number of carbonyl (C=O) groups is 2. The Bertz CT molecular complexity index is 1880. The van der Waals surface area contributed by atoms with E-state index in [1.165, 1.54) is 0 Å². The second kappa shape index (κ2) is 11.8. The minimum absolute atomic E-state index is 0.132. The van der Waals surface area contributed by atoms with E-state index in [9.17, 15) is 9.59 Å². The zero-order valence-electron chi connectivity index (χ0n) is 28.4. The SMILES string of the molecule is CCc1nc(C)ccc1-c1cc(C(=O)N2Cc3cnn(C)c3C2)cc2c(F)c(C3CCCN(C(=O)OC(C)(C)C)C3)n(CC3CC3)c12. The lowest BCUT2D eigenvalue weighted by atomic mass is 9.94. The fourth-order valence-electron chi connectivity index (χ4n) is 7.38. The summed E-state index contributed by atoms with van der Waals surface area (Å²) in [7, 11) is 1.89. The van der Waals surface area contributed by atoms with Crippen molar-refractivity contribution in [1.29, 1.82) is 0 Å². The average molecular weight is 641 g/mol. The van der Waals surface area contributed by atoms with Crippen LogP contribution in [0.4, 0.5) is 9.18 Å². The first-order chi connectivity index (χ1) is 22.4. The van der Waals surface area contributed by atoms with Gasteiger partial charge in [-0.25, -0.2) is 9.18 Å². The summed E-state index contributed by atoms with van der Waals surface area (Å²) in [5.74, 6) is -0.148. The van der Waals surface area contributed by atoms with Gasteiger partial charge in [0.1, 0.15) is 5.60 Å². The number of halogens is 1. The molecule has 3 aromatic heterocycles. The Morgan fingerprint density at radius 2 is 1.85 bits per heavy atom. The van der Waals surface area contributed by atoms with Crippen LogP contribution in [0.25, 0.3) is 22.0 Å². The van der Waals surface area contributed by atoms with Crippen LogP contribution in [-0.4, -0.2) is 59.8 Å². The molecule has 9 nitrogen and oxygen atoms in total. The third kappa shape index (κ3) is 5.91. The van der Waals surface area contributed by atoms with Gasteiger partial charge in [0.05, 0.1) is 29.6 Å². The average Bonchev–Trinajstić information content (AvgIpc) is 3.54. The van der Waals surface area contributed by atoms with Crippen molar-refractivity contribution >= 4 is 22.9 Å². The molecule has 10 heteroatoms. The molecule has 248 valence electrons. The highest BCUT2D eigenvalue weighted by atomic mass is 19.1. The molecule has 2 aliphatic heterocycles. The van der Waals surface area contributed by atoms with Gasteiger partial charge in [-0.3, -0.25) is 14.5 Å². The number of aromatic nitrogens is 4. The highest BCUT2D eigenvalue weighted by molar-refractivity contribution is 6.05. The van der Waals surface area contributed by atoms with Crippen LogP contribution in [-0.2, 0) is 37.8 Å². The molecule has 0 bridgehead atoms. The van der Waals surface area contributed by atoms with Gasteiger partial charge in [0.15, 0.2) is 5.82 Å². The van der Waals surface area contributed by atoms with Crippen molar-refractivity contribution < 1.29 is 18.7 Å². The molecule has 7 rings (SSSR count). The molecule has 0 radical (unpaired) electrons. The van der Waals surface area contributed by atoms with Gasteiger partial charge in [-0.15, -0.1) is 0 Å². The molecule has 1 aliphatic carbocycles. The van der Waals surface area contributed by atoms with E-state index in [2.05, 4.69) is 22.7 Å². The van der Waals surface area contributed by atoms with E-state index >= 15 is 4.39 Å². The number of amides is 2. The molecule has 47 heavy (non-hydrogen) atoms. The number of aryl methyl sites for hydroxylation is 3. The Morgan fingerprint density at radius 1 is 1.06 bits per heavy atom. The molecule has 1 saturated carbocycles. The fraction of sp³-hybridized carbons (Fsp3) is 0.514. The first-order valence-corrected chi connectivity index (χ1v) is 17.0. The van der Waals surface area contributed by atoms with Gasteiger partial charge in [0.2, 0.25) is 0 Å². The van der Waals surface area contributed by atoms with Crippen LogP contribution >= 0.6 is 0 Å². The molecule has 2 amide bonds. The topological polar surface area (TPSA) is 85.5 Å². The van der Waals surface area contributed by atoms with E-state index in [4.69, 9.17) is 9.72 Å². The summed E-state index contributed by atoms with van der Waals surface area (Å²) in [5.41, 5.74) is 6.94. The number of benzene rings is 1. The molecule has 1 saturated heterocycles. The van der Waals surface area contributed by atoms with E-state index in [-0.39, 0.29) is 23.7 Å². The zero-order valence-corrected chi connectivity index (χ0v) is 28.4. The third-order valence-corrected chi connectivity index (χ3v) is 9.85. The Balaban J connectivity index is 1.38. The van der Waals surface area contributed by atoms with Crippen LogP contribution in [0.3, 0.4) is 0 Å². The van der Waals surface area contributed by atoms with Gasteiger partial charge in [0.25, 0.3) is 5.91 Å². The van der Waals surface area contributed by atoms with Crippen LogP contribution in [0.1, 0.15) is 98.0 Å². The predicted octanol–water partition coefficient (Wildman–Crippen LogP) is 7.13. The molecule has 0 N–H and O–H groups in total. The highest BCUT2D eigenvalue weighted by Crippen LogP contribution is 2.43. The van der Waals surface area contributed by atoms with Crippen LogP contribution in [0.2, 0.25) is 0 Å². The van der Waals surface area contributed by atoms with Crippen molar-refractivity contribution in [3.05, 3.63) is 70.2 Å². The van der Waals surface area contributed by atoms with Crippen molar-refractivity contribution in [3.8, 4) is 11.1 Å². The smallest absolute Gasteiger partial charge is 0.410 e. The van der Waals surface area contributed by atoms with E-state index in [0.717, 1.165) is 65.0 Å². The largest absolute Gasteiger partial charge is 0.444 e. The van der Waals surface area contributed by atoms with E-state index < -0.39 is 5.60 Å². The number of ether oxygens (including phenoxy) is 1.